The van der Waals surface area contributed by atoms with E-state index in [-0.39, 0.29) is 0 Å². The average Bonchev–Trinajstić information content (AvgIpc) is 3.06. The standard InChI is InChI=1S/C17H17N3O2/c1-20(12-13-7-4-3-5-8-13)17-18-16(19-22-17)14-9-6-10-15(11-14)21-2/h3-11H,12H2,1-2H3. The summed E-state index contributed by atoms with van der Waals surface area (Å²) in [5.41, 5.74) is 2.05. The van der Waals surface area contributed by atoms with E-state index in [0.29, 0.717) is 18.4 Å². The van der Waals surface area contributed by atoms with Gasteiger partial charge in [0.1, 0.15) is 5.75 Å². The van der Waals surface area contributed by atoms with Gasteiger partial charge in [0.15, 0.2) is 0 Å². The summed E-state index contributed by atoms with van der Waals surface area (Å²) in [6.07, 6.45) is 0. The maximum atomic E-state index is 5.35. The minimum absolute atomic E-state index is 0.488. The highest BCUT2D eigenvalue weighted by atomic mass is 16.5. The minimum Gasteiger partial charge on any atom is -0.497 e. The highest BCUT2D eigenvalue weighted by Crippen LogP contribution is 2.23. The lowest BCUT2D eigenvalue weighted by molar-refractivity contribution is 0.414. The van der Waals surface area contributed by atoms with Crippen LogP contribution in [-0.4, -0.2) is 24.3 Å². The van der Waals surface area contributed by atoms with Crippen LogP contribution in [0.25, 0.3) is 11.4 Å². The Hall–Kier alpha value is -2.82. The molecule has 3 aromatic rings. The molecule has 5 heteroatoms. The molecule has 0 saturated heterocycles. The number of hydrogen-bond acceptors (Lipinski definition) is 5. The van der Waals surface area contributed by atoms with E-state index in [4.69, 9.17) is 9.26 Å². The van der Waals surface area contributed by atoms with Gasteiger partial charge in [0.25, 0.3) is 0 Å². The van der Waals surface area contributed by atoms with Gasteiger partial charge in [0.05, 0.1) is 7.11 Å². The van der Waals surface area contributed by atoms with Crippen LogP contribution in [0.4, 0.5) is 6.01 Å². The van der Waals surface area contributed by atoms with E-state index in [1.807, 2.05) is 54.4 Å². The highest BCUT2D eigenvalue weighted by Gasteiger charge is 2.13. The van der Waals surface area contributed by atoms with Crippen molar-refractivity contribution in [3.8, 4) is 17.1 Å². The summed E-state index contributed by atoms with van der Waals surface area (Å²) < 4.78 is 10.6. The molecule has 0 atom stereocenters. The second kappa shape index (κ2) is 6.30. The molecule has 1 heterocycles. The van der Waals surface area contributed by atoms with Crippen LogP contribution in [0.15, 0.2) is 59.1 Å². The monoisotopic (exact) mass is 295 g/mol. The third-order valence-electron chi connectivity index (χ3n) is 3.33. The van der Waals surface area contributed by atoms with E-state index in [2.05, 4.69) is 22.3 Å². The summed E-state index contributed by atoms with van der Waals surface area (Å²) in [6, 6.07) is 18.2. The first kappa shape index (κ1) is 14.1. The normalized spacial score (nSPS) is 10.5. The Balaban J connectivity index is 1.78. The lowest BCUT2D eigenvalue weighted by Crippen LogP contribution is -2.16. The van der Waals surface area contributed by atoms with E-state index in [1.165, 1.54) is 5.56 Å². The predicted octanol–water partition coefficient (Wildman–Crippen LogP) is 3.38. The van der Waals surface area contributed by atoms with Crippen molar-refractivity contribution in [1.29, 1.82) is 0 Å². The van der Waals surface area contributed by atoms with Gasteiger partial charge < -0.3 is 14.2 Å². The molecule has 0 fully saturated rings. The molecule has 112 valence electrons. The zero-order chi connectivity index (χ0) is 15.4. The number of aromatic nitrogens is 2. The summed E-state index contributed by atoms with van der Waals surface area (Å²) in [5.74, 6) is 1.32. The van der Waals surface area contributed by atoms with Crippen LogP contribution in [0.1, 0.15) is 5.56 Å². The molecule has 2 aromatic carbocycles. The fraction of sp³-hybridized carbons (Fsp3) is 0.176. The number of rotatable bonds is 5. The second-order valence-corrected chi connectivity index (χ2v) is 4.97. The lowest BCUT2D eigenvalue weighted by atomic mass is 10.2. The van der Waals surface area contributed by atoms with Crippen LogP contribution in [-0.2, 0) is 6.54 Å². The van der Waals surface area contributed by atoms with Crippen molar-refractivity contribution in [2.75, 3.05) is 19.1 Å². The molecule has 0 spiro atoms. The maximum absolute atomic E-state index is 5.35. The Kier molecular flexibility index (Phi) is 4.05. The number of ether oxygens (including phenoxy) is 1. The van der Waals surface area contributed by atoms with Gasteiger partial charge in [0, 0.05) is 19.2 Å². The Morgan fingerprint density at radius 1 is 1.09 bits per heavy atom. The van der Waals surface area contributed by atoms with Crippen molar-refractivity contribution in [3.05, 3.63) is 60.2 Å². The number of benzene rings is 2. The first-order valence-electron chi connectivity index (χ1n) is 6.99. The highest BCUT2D eigenvalue weighted by molar-refractivity contribution is 5.58. The molecule has 5 nitrogen and oxygen atoms in total. The van der Waals surface area contributed by atoms with E-state index < -0.39 is 0 Å². The molecule has 0 N–H and O–H groups in total. The van der Waals surface area contributed by atoms with E-state index in [0.717, 1.165) is 11.3 Å². The van der Waals surface area contributed by atoms with Gasteiger partial charge in [-0.15, -0.1) is 0 Å². The average molecular weight is 295 g/mol. The van der Waals surface area contributed by atoms with Gasteiger partial charge in [-0.1, -0.05) is 47.6 Å². The SMILES string of the molecule is COc1cccc(-c2noc(N(C)Cc3ccccc3)n2)c1. The van der Waals surface area contributed by atoms with Crippen LogP contribution >= 0.6 is 0 Å². The van der Waals surface area contributed by atoms with E-state index in [9.17, 15) is 0 Å². The molecule has 0 bridgehead atoms. The van der Waals surface area contributed by atoms with Crippen LogP contribution in [0.2, 0.25) is 0 Å². The molecule has 1 aromatic heterocycles. The van der Waals surface area contributed by atoms with Crippen molar-refractivity contribution in [3.63, 3.8) is 0 Å². The van der Waals surface area contributed by atoms with Gasteiger partial charge in [-0.25, -0.2) is 0 Å². The lowest BCUT2D eigenvalue weighted by Gasteiger charge is -2.13. The Morgan fingerprint density at radius 3 is 2.68 bits per heavy atom. The zero-order valence-corrected chi connectivity index (χ0v) is 12.6. The third-order valence-corrected chi connectivity index (χ3v) is 3.33. The minimum atomic E-state index is 0.488. The smallest absolute Gasteiger partial charge is 0.324 e. The van der Waals surface area contributed by atoms with Crippen LogP contribution in [0.5, 0.6) is 5.75 Å². The summed E-state index contributed by atoms with van der Waals surface area (Å²) in [5, 5.41) is 4.04. The second-order valence-electron chi connectivity index (χ2n) is 4.97. The Labute approximate surface area is 129 Å². The molecule has 0 amide bonds. The number of hydrogen-bond donors (Lipinski definition) is 0. The molecule has 0 aliphatic carbocycles. The number of nitrogens with zero attached hydrogens (tertiary/aromatic N) is 3. The molecule has 0 saturated carbocycles. The number of methoxy groups -OCH3 is 1. The molecule has 0 radical (unpaired) electrons. The molecule has 3 rings (SSSR count). The Bertz CT molecular complexity index is 740. The van der Waals surface area contributed by atoms with Crippen molar-refractivity contribution in [2.24, 2.45) is 0 Å². The van der Waals surface area contributed by atoms with Crippen LogP contribution in [0.3, 0.4) is 0 Å². The van der Waals surface area contributed by atoms with Crippen molar-refractivity contribution < 1.29 is 9.26 Å². The quantitative estimate of drug-likeness (QED) is 0.722. The molecular formula is C17H17N3O2. The van der Waals surface area contributed by atoms with Gasteiger partial charge in [-0.3, -0.25) is 0 Å². The van der Waals surface area contributed by atoms with E-state index in [1.54, 1.807) is 7.11 Å². The van der Waals surface area contributed by atoms with Gasteiger partial charge in [0.2, 0.25) is 5.82 Å². The van der Waals surface area contributed by atoms with Crippen molar-refractivity contribution >= 4 is 6.01 Å². The van der Waals surface area contributed by atoms with Crippen molar-refractivity contribution in [2.45, 2.75) is 6.54 Å². The summed E-state index contributed by atoms with van der Waals surface area (Å²) >= 11 is 0. The van der Waals surface area contributed by atoms with E-state index >= 15 is 0 Å². The molecule has 0 unspecified atom stereocenters. The van der Waals surface area contributed by atoms with Gasteiger partial charge in [-0.2, -0.15) is 4.98 Å². The largest absolute Gasteiger partial charge is 0.497 e. The fourth-order valence-electron chi connectivity index (χ4n) is 2.17. The molecule has 0 aliphatic heterocycles. The molecule has 22 heavy (non-hydrogen) atoms. The first-order chi connectivity index (χ1) is 10.8. The summed E-state index contributed by atoms with van der Waals surface area (Å²) in [6.45, 7) is 0.709. The number of anilines is 1. The topological polar surface area (TPSA) is 51.4 Å². The molecular weight excluding hydrogens is 278 g/mol. The zero-order valence-electron chi connectivity index (χ0n) is 12.6. The van der Waals surface area contributed by atoms with Gasteiger partial charge >= 0.3 is 6.01 Å². The summed E-state index contributed by atoms with van der Waals surface area (Å²) in [7, 11) is 3.56. The van der Waals surface area contributed by atoms with Gasteiger partial charge in [-0.05, 0) is 17.7 Å². The summed E-state index contributed by atoms with van der Waals surface area (Å²) in [4.78, 5) is 6.37. The third kappa shape index (κ3) is 3.09. The van der Waals surface area contributed by atoms with Crippen LogP contribution in [0, 0.1) is 0 Å². The van der Waals surface area contributed by atoms with Crippen molar-refractivity contribution in [1.82, 2.24) is 10.1 Å². The van der Waals surface area contributed by atoms with Crippen LogP contribution < -0.4 is 9.64 Å². The fourth-order valence-corrected chi connectivity index (χ4v) is 2.17. The predicted molar refractivity (Wildman–Crippen MR) is 84.8 cm³/mol. The first-order valence-corrected chi connectivity index (χ1v) is 6.99. The molecule has 0 aliphatic rings. The maximum Gasteiger partial charge on any atom is 0.324 e. The Morgan fingerprint density at radius 2 is 1.91 bits per heavy atom.